The maximum atomic E-state index is 11.3. The van der Waals surface area contributed by atoms with Gasteiger partial charge in [0.15, 0.2) is 0 Å². The van der Waals surface area contributed by atoms with Crippen LogP contribution in [-0.2, 0) is 6.42 Å². The second-order valence-electron chi connectivity index (χ2n) is 7.36. The largest absolute Gasteiger partial charge is 0.511 e. The third kappa shape index (κ3) is 2.34. The van der Waals surface area contributed by atoms with Crippen LogP contribution in [0.5, 0.6) is 5.75 Å². The van der Waals surface area contributed by atoms with Crippen molar-refractivity contribution in [2.75, 3.05) is 0 Å². The molecule has 3 aromatic carbocycles. The van der Waals surface area contributed by atoms with E-state index in [9.17, 15) is 20.1 Å². The molecule has 0 spiro atoms. The van der Waals surface area contributed by atoms with Crippen LogP contribution < -0.4 is 0 Å². The molecule has 3 aromatic rings. The predicted molar refractivity (Wildman–Crippen MR) is 109 cm³/mol. The van der Waals surface area contributed by atoms with E-state index < -0.39 is 5.97 Å². The number of carbonyl (C=O) groups is 1. The summed E-state index contributed by atoms with van der Waals surface area (Å²) in [5.41, 5.74) is 4.85. The standard InChI is InChI=1S/C24H18O4/c25-20-12-14-5-2-9-18-21(14)22-16(7-3-8-17(20)22)19(23(18)26)11-13-4-1-6-15(10-13)24(27)28/h1-8,10,12,19,25-26H,9,11H2,(H,27,28). The smallest absolute Gasteiger partial charge is 0.335 e. The number of hydrogen-bond donors (Lipinski definition) is 3. The van der Waals surface area contributed by atoms with E-state index in [1.165, 1.54) is 0 Å². The molecular formula is C24H18O4. The summed E-state index contributed by atoms with van der Waals surface area (Å²) in [4.78, 5) is 11.3. The highest BCUT2D eigenvalue weighted by Gasteiger charge is 2.32. The molecular weight excluding hydrogens is 352 g/mol. The number of phenolic OH excluding ortho intramolecular Hbond substituents is 1. The number of benzene rings is 3. The number of aliphatic hydroxyl groups excluding tert-OH is 1. The topological polar surface area (TPSA) is 77.8 Å². The Morgan fingerprint density at radius 3 is 2.71 bits per heavy atom. The minimum atomic E-state index is -0.965. The number of hydrogen-bond acceptors (Lipinski definition) is 3. The summed E-state index contributed by atoms with van der Waals surface area (Å²) in [6, 6.07) is 14.4. The highest BCUT2D eigenvalue weighted by molar-refractivity contribution is 6.06. The van der Waals surface area contributed by atoms with Crippen molar-refractivity contribution in [2.45, 2.75) is 18.8 Å². The third-order valence-electron chi connectivity index (χ3n) is 5.75. The summed E-state index contributed by atoms with van der Waals surface area (Å²) in [6.45, 7) is 0. The van der Waals surface area contributed by atoms with Crippen LogP contribution >= 0.6 is 0 Å². The number of carboxylic acid groups (broad SMARTS) is 1. The number of carboxylic acids is 1. The van der Waals surface area contributed by atoms with Crippen LogP contribution in [0.4, 0.5) is 0 Å². The summed E-state index contributed by atoms with van der Waals surface area (Å²) in [7, 11) is 0. The van der Waals surface area contributed by atoms with Crippen LogP contribution in [0.25, 0.3) is 22.4 Å². The molecule has 0 fully saturated rings. The lowest BCUT2D eigenvalue weighted by molar-refractivity contribution is 0.0696. The molecule has 138 valence electrons. The molecule has 0 aliphatic heterocycles. The van der Waals surface area contributed by atoms with E-state index in [1.54, 1.807) is 24.3 Å². The number of allylic oxidation sites excluding steroid dienone is 3. The lowest BCUT2D eigenvalue weighted by atomic mass is 9.74. The summed E-state index contributed by atoms with van der Waals surface area (Å²) < 4.78 is 0. The number of aliphatic hydroxyl groups is 1. The van der Waals surface area contributed by atoms with Gasteiger partial charge in [0.2, 0.25) is 0 Å². The minimum Gasteiger partial charge on any atom is -0.511 e. The van der Waals surface area contributed by atoms with Gasteiger partial charge in [-0.1, -0.05) is 42.5 Å². The Bertz CT molecular complexity index is 1220. The van der Waals surface area contributed by atoms with Crippen molar-refractivity contribution < 1.29 is 20.1 Å². The maximum Gasteiger partial charge on any atom is 0.335 e. The summed E-state index contributed by atoms with van der Waals surface area (Å²) in [5.74, 6) is -0.685. The first-order valence-electron chi connectivity index (χ1n) is 9.24. The Kier molecular flexibility index (Phi) is 3.56. The van der Waals surface area contributed by atoms with Crippen LogP contribution in [-0.4, -0.2) is 21.3 Å². The van der Waals surface area contributed by atoms with Crippen LogP contribution in [0.2, 0.25) is 0 Å². The molecule has 0 heterocycles. The van der Waals surface area contributed by atoms with Gasteiger partial charge in [-0.2, -0.15) is 0 Å². The van der Waals surface area contributed by atoms with Crippen molar-refractivity contribution in [3.05, 3.63) is 88.2 Å². The van der Waals surface area contributed by atoms with E-state index in [-0.39, 0.29) is 17.2 Å². The van der Waals surface area contributed by atoms with Gasteiger partial charge in [0.1, 0.15) is 11.5 Å². The zero-order valence-corrected chi connectivity index (χ0v) is 15.0. The Labute approximate surface area is 161 Å². The molecule has 0 aromatic heterocycles. The second-order valence-corrected chi connectivity index (χ2v) is 7.36. The highest BCUT2D eigenvalue weighted by Crippen LogP contribution is 2.49. The number of phenols is 1. The maximum absolute atomic E-state index is 11.3. The quantitative estimate of drug-likeness (QED) is 0.587. The van der Waals surface area contributed by atoms with E-state index >= 15 is 0 Å². The molecule has 2 aliphatic rings. The van der Waals surface area contributed by atoms with Gasteiger partial charge >= 0.3 is 5.97 Å². The molecule has 4 nitrogen and oxygen atoms in total. The number of aromatic hydroxyl groups is 1. The van der Waals surface area contributed by atoms with Crippen molar-refractivity contribution in [2.24, 2.45) is 0 Å². The monoisotopic (exact) mass is 370 g/mol. The van der Waals surface area contributed by atoms with Gasteiger partial charge in [0, 0.05) is 16.9 Å². The van der Waals surface area contributed by atoms with E-state index in [2.05, 4.69) is 0 Å². The average Bonchev–Trinajstić information content (AvgIpc) is 2.70. The molecule has 0 saturated carbocycles. The van der Waals surface area contributed by atoms with Gasteiger partial charge in [-0.3, -0.25) is 0 Å². The van der Waals surface area contributed by atoms with E-state index in [1.807, 2.05) is 36.4 Å². The molecule has 28 heavy (non-hydrogen) atoms. The first-order chi connectivity index (χ1) is 13.5. The molecule has 5 rings (SSSR count). The second kappa shape index (κ2) is 5.99. The summed E-state index contributed by atoms with van der Waals surface area (Å²) in [5, 5.41) is 32.7. The third-order valence-corrected chi connectivity index (χ3v) is 5.75. The molecule has 4 heteroatoms. The van der Waals surface area contributed by atoms with Crippen LogP contribution in [0.3, 0.4) is 0 Å². The zero-order valence-electron chi connectivity index (χ0n) is 15.0. The minimum absolute atomic E-state index is 0.231. The van der Waals surface area contributed by atoms with E-state index in [4.69, 9.17) is 0 Å². The van der Waals surface area contributed by atoms with Crippen molar-refractivity contribution >= 4 is 28.4 Å². The van der Waals surface area contributed by atoms with Gasteiger partial charge in [-0.25, -0.2) is 4.79 Å². The van der Waals surface area contributed by atoms with Crippen LogP contribution in [0.1, 0.15) is 45.0 Å². The van der Waals surface area contributed by atoms with Gasteiger partial charge in [-0.05, 0) is 58.7 Å². The average molecular weight is 370 g/mol. The number of aromatic carboxylic acids is 1. The number of rotatable bonds is 3. The lowest BCUT2D eigenvalue weighted by Gasteiger charge is -2.31. The van der Waals surface area contributed by atoms with Crippen molar-refractivity contribution in [3.63, 3.8) is 0 Å². The lowest BCUT2D eigenvalue weighted by Crippen LogP contribution is -2.16. The first kappa shape index (κ1) is 16.6. The Morgan fingerprint density at radius 2 is 1.89 bits per heavy atom. The fourth-order valence-corrected chi connectivity index (χ4v) is 4.52. The Morgan fingerprint density at radius 1 is 1.07 bits per heavy atom. The van der Waals surface area contributed by atoms with E-state index in [0.717, 1.165) is 38.6 Å². The van der Waals surface area contributed by atoms with Crippen LogP contribution in [0.15, 0.2) is 60.4 Å². The van der Waals surface area contributed by atoms with Gasteiger partial charge < -0.3 is 15.3 Å². The fraction of sp³-hybridized carbons (Fsp3) is 0.125. The first-order valence-corrected chi connectivity index (χ1v) is 9.24. The van der Waals surface area contributed by atoms with Gasteiger partial charge in [-0.15, -0.1) is 0 Å². The molecule has 0 bridgehead atoms. The van der Waals surface area contributed by atoms with Gasteiger partial charge in [0.25, 0.3) is 0 Å². The molecule has 0 saturated heterocycles. The van der Waals surface area contributed by atoms with Crippen molar-refractivity contribution in [3.8, 4) is 5.75 Å². The molecule has 0 amide bonds. The Balaban J connectivity index is 1.72. The molecule has 3 N–H and O–H groups in total. The molecule has 1 atom stereocenters. The fourth-order valence-electron chi connectivity index (χ4n) is 4.52. The predicted octanol–water partition coefficient (Wildman–Crippen LogP) is 5.27. The van der Waals surface area contributed by atoms with Crippen molar-refractivity contribution in [1.29, 1.82) is 0 Å². The molecule has 2 aliphatic carbocycles. The molecule has 1 unspecified atom stereocenters. The highest BCUT2D eigenvalue weighted by atomic mass is 16.4. The van der Waals surface area contributed by atoms with Crippen LogP contribution in [0, 0.1) is 0 Å². The van der Waals surface area contributed by atoms with Gasteiger partial charge in [0.05, 0.1) is 5.56 Å². The normalized spacial score (nSPS) is 17.2. The van der Waals surface area contributed by atoms with E-state index in [0.29, 0.717) is 18.6 Å². The SMILES string of the molecule is O=C(O)c1cccc(CC2C(O)=C3CC=Cc4cc(O)c5cccc2c5c43)c1. The summed E-state index contributed by atoms with van der Waals surface area (Å²) >= 11 is 0. The zero-order chi connectivity index (χ0) is 19.4. The Hall–Kier alpha value is -3.53. The van der Waals surface area contributed by atoms with Crippen molar-refractivity contribution in [1.82, 2.24) is 0 Å². The molecule has 0 radical (unpaired) electrons. The summed E-state index contributed by atoms with van der Waals surface area (Å²) in [6.07, 6.45) is 5.11.